The summed E-state index contributed by atoms with van der Waals surface area (Å²) in [6, 6.07) is 16.1. The van der Waals surface area contributed by atoms with Gasteiger partial charge in [-0.3, -0.25) is 14.5 Å². The van der Waals surface area contributed by atoms with E-state index in [9.17, 15) is 19.1 Å². The van der Waals surface area contributed by atoms with Gasteiger partial charge < -0.3 is 5.11 Å². The van der Waals surface area contributed by atoms with Gasteiger partial charge in [0.1, 0.15) is 11.6 Å². The van der Waals surface area contributed by atoms with Crippen LogP contribution in [0.2, 0.25) is 10.0 Å². The van der Waals surface area contributed by atoms with E-state index >= 15 is 0 Å². The van der Waals surface area contributed by atoms with Gasteiger partial charge in [0.2, 0.25) is 0 Å². The van der Waals surface area contributed by atoms with Gasteiger partial charge in [-0.05, 0) is 54.4 Å². The third-order valence-corrected chi connectivity index (χ3v) is 5.95. The fourth-order valence-corrected chi connectivity index (χ4v) is 4.01. The van der Waals surface area contributed by atoms with Crippen molar-refractivity contribution in [2.24, 2.45) is 0 Å². The number of halogens is 3. The average Bonchev–Trinajstić information content (AvgIpc) is 3.00. The van der Waals surface area contributed by atoms with E-state index in [1.165, 1.54) is 41.3 Å². The standard InChI is InChI=1S/C24H16Cl2FNO3/c1-13-5-2-3-8-17(13)21-20(22(29)14-9-10-18(25)19(26)11-14)23(30)24(31)28(21)16-7-4-6-15(27)12-16/h2-12,21,29H,1H3/b22-20+. The van der Waals surface area contributed by atoms with Crippen molar-refractivity contribution in [2.75, 3.05) is 4.90 Å². The second kappa shape index (κ2) is 8.17. The first-order valence-electron chi connectivity index (χ1n) is 9.37. The van der Waals surface area contributed by atoms with Crippen molar-refractivity contribution in [2.45, 2.75) is 13.0 Å². The van der Waals surface area contributed by atoms with Crippen LogP contribution < -0.4 is 4.90 Å². The number of aliphatic hydroxyl groups is 1. The fraction of sp³-hybridized carbons (Fsp3) is 0.0833. The molecule has 0 aromatic heterocycles. The minimum Gasteiger partial charge on any atom is -0.507 e. The Hall–Kier alpha value is -3.15. The highest BCUT2D eigenvalue weighted by Gasteiger charge is 2.47. The smallest absolute Gasteiger partial charge is 0.300 e. The highest BCUT2D eigenvalue weighted by atomic mass is 35.5. The number of nitrogens with zero attached hydrogens (tertiary/aromatic N) is 1. The van der Waals surface area contributed by atoms with E-state index in [-0.39, 0.29) is 32.6 Å². The van der Waals surface area contributed by atoms with E-state index in [1.54, 1.807) is 18.2 Å². The van der Waals surface area contributed by atoms with Gasteiger partial charge in [0.25, 0.3) is 11.7 Å². The quantitative estimate of drug-likeness (QED) is 0.296. The summed E-state index contributed by atoms with van der Waals surface area (Å²) in [5.41, 5.74) is 1.78. The highest BCUT2D eigenvalue weighted by Crippen LogP contribution is 2.43. The molecule has 0 saturated carbocycles. The van der Waals surface area contributed by atoms with Crippen molar-refractivity contribution < 1.29 is 19.1 Å². The molecule has 0 bridgehead atoms. The van der Waals surface area contributed by atoms with E-state index in [0.29, 0.717) is 5.56 Å². The molecule has 0 spiro atoms. The number of benzene rings is 3. The number of anilines is 1. The van der Waals surface area contributed by atoms with Gasteiger partial charge in [0.15, 0.2) is 0 Å². The van der Waals surface area contributed by atoms with Crippen molar-refractivity contribution in [3.8, 4) is 0 Å². The lowest BCUT2D eigenvalue weighted by atomic mass is 9.92. The molecule has 1 amide bonds. The first-order valence-corrected chi connectivity index (χ1v) is 10.1. The molecule has 31 heavy (non-hydrogen) atoms. The van der Waals surface area contributed by atoms with Crippen LogP contribution in [-0.4, -0.2) is 16.8 Å². The Labute approximate surface area is 188 Å². The molecule has 0 aliphatic carbocycles. The van der Waals surface area contributed by atoms with Gasteiger partial charge in [-0.25, -0.2) is 4.39 Å². The number of aliphatic hydroxyl groups excluding tert-OH is 1. The molecular formula is C24H16Cl2FNO3. The van der Waals surface area contributed by atoms with E-state index in [4.69, 9.17) is 23.2 Å². The zero-order valence-electron chi connectivity index (χ0n) is 16.3. The van der Waals surface area contributed by atoms with Gasteiger partial charge in [-0.1, -0.05) is 53.5 Å². The Morgan fingerprint density at radius 1 is 0.968 bits per heavy atom. The van der Waals surface area contributed by atoms with E-state index < -0.39 is 23.5 Å². The zero-order chi connectivity index (χ0) is 22.3. The Morgan fingerprint density at radius 3 is 2.39 bits per heavy atom. The zero-order valence-corrected chi connectivity index (χ0v) is 17.8. The molecule has 3 aromatic carbocycles. The van der Waals surface area contributed by atoms with Crippen LogP contribution in [0.1, 0.15) is 22.7 Å². The van der Waals surface area contributed by atoms with Gasteiger partial charge in [0.05, 0.1) is 21.7 Å². The van der Waals surface area contributed by atoms with E-state index in [2.05, 4.69) is 0 Å². The molecule has 1 unspecified atom stereocenters. The fourth-order valence-electron chi connectivity index (χ4n) is 3.71. The molecule has 0 radical (unpaired) electrons. The molecule has 1 aliphatic heterocycles. The number of carbonyl (C=O) groups is 2. The van der Waals surface area contributed by atoms with Crippen molar-refractivity contribution in [1.29, 1.82) is 0 Å². The molecule has 4 nitrogen and oxygen atoms in total. The maximum absolute atomic E-state index is 13.9. The summed E-state index contributed by atoms with van der Waals surface area (Å²) >= 11 is 12.0. The first kappa shape index (κ1) is 21.1. The lowest BCUT2D eigenvalue weighted by Crippen LogP contribution is -2.29. The van der Waals surface area contributed by atoms with Gasteiger partial charge in [0, 0.05) is 11.3 Å². The first-order chi connectivity index (χ1) is 14.8. The Balaban J connectivity index is 1.99. The summed E-state index contributed by atoms with van der Waals surface area (Å²) in [7, 11) is 0. The lowest BCUT2D eigenvalue weighted by molar-refractivity contribution is -0.132. The second-order valence-corrected chi connectivity index (χ2v) is 7.95. The molecular weight excluding hydrogens is 440 g/mol. The number of rotatable bonds is 3. The Morgan fingerprint density at radius 2 is 1.71 bits per heavy atom. The SMILES string of the molecule is Cc1ccccc1C1/C(=C(\O)c2ccc(Cl)c(Cl)c2)C(=O)C(=O)N1c1cccc(F)c1. The van der Waals surface area contributed by atoms with Gasteiger partial charge in [-0.2, -0.15) is 0 Å². The van der Waals surface area contributed by atoms with E-state index in [0.717, 1.165) is 5.56 Å². The third-order valence-electron chi connectivity index (χ3n) is 5.21. The Kier molecular flexibility index (Phi) is 5.56. The number of hydrogen-bond donors (Lipinski definition) is 1. The molecule has 156 valence electrons. The lowest BCUT2D eigenvalue weighted by Gasteiger charge is -2.26. The maximum atomic E-state index is 13.9. The van der Waals surface area contributed by atoms with Crippen molar-refractivity contribution in [1.82, 2.24) is 0 Å². The molecule has 1 fully saturated rings. The van der Waals surface area contributed by atoms with Crippen LogP contribution in [0, 0.1) is 12.7 Å². The van der Waals surface area contributed by atoms with Crippen LogP contribution in [0.25, 0.3) is 5.76 Å². The number of hydrogen-bond acceptors (Lipinski definition) is 3. The molecule has 4 rings (SSSR count). The number of amides is 1. The molecule has 1 aliphatic rings. The van der Waals surface area contributed by atoms with Crippen molar-refractivity contribution in [3.63, 3.8) is 0 Å². The average molecular weight is 456 g/mol. The predicted molar refractivity (Wildman–Crippen MR) is 119 cm³/mol. The molecule has 1 heterocycles. The summed E-state index contributed by atoms with van der Waals surface area (Å²) in [6.45, 7) is 1.83. The number of aryl methyl sites for hydroxylation is 1. The molecule has 1 N–H and O–H groups in total. The molecule has 7 heteroatoms. The summed E-state index contributed by atoms with van der Waals surface area (Å²) in [5.74, 6) is -2.67. The number of ketones is 1. The van der Waals surface area contributed by atoms with E-state index in [1.807, 2.05) is 19.1 Å². The summed E-state index contributed by atoms with van der Waals surface area (Å²) in [6.07, 6.45) is 0. The van der Waals surface area contributed by atoms with Crippen molar-refractivity contribution in [3.05, 3.63) is 105 Å². The normalized spacial score (nSPS) is 17.9. The summed E-state index contributed by atoms with van der Waals surface area (Å²) in [5, 5.41) is 11.5. The van der Waals surface area contributed by atoms with Crippen LogP contribution in [0.15, 0.2) is 72.3 Å². The van der Waals surface area contributed by atoms with Gasteiger partial charge in [-0.15, -0.1) is 0 Å². The highest BCUT2D eigenvalue weighted by molar-refractivity contribution is 6.51. The minimum absolute atomic E-state index is 0.109. The van der Waals surface area contributed by atoms with Crippen LogP contribution in [0.3, 0.4) is 0 Å². The van der Waals surface area contributed by atoms with Crippen LogP contribution in [0.5, 0.6) is 0 Å². The van der Waals surface area contributed by atoms with Crippen LogP contribution in [-0.2, 0) is 9.59 Å². The largest absolute Gasteiger partial charge is 0.507 e. The van der Waals surface area contributed by atoms with Gasteiger partial charge >= 0.3 is 0 Å². The second-order valence-electron chi connectivity index (χ2n) is 7.13. The van der Waals surface area contributed by atoms with Crippen LogP contribution >= 0.6 is 23.2 Å². The number of carbonyl (C=O) groups excluding carboxylic acids is 2. The number of Topliss-reactive ketones (excluding diaryl/α,β-unsaturated/α-hetero) is 1. The topological polar surface area (TPSA) is 57.6 Å². The Bertz CT molecular complexity index is 1260. The molecule has 1 atom stereocenters. The van der Waals surface area contributed by atoms with Crippen LogP contribution in [0.4, 0.5) is 10.1 Å². The predicted octanol–water partition coefficient (Wildman–Crippen LogP) is 6.07. The maximum Gasteiger partial charge on any atom is 0.300 e. The summed E-state index contributed by atoms with van der Waals surface area (Å²) in [4.78, 5) is 27.3. The van der Waals surface area contributed by atoms with Crippen molar-refractivity contribution >= 4 is 46.3 Å². The minimum atomic E-state index is -0.947. The molecule has 3 aromatic rings. The monoisotopic (exact) mass is 455 g/mol. The third kappa shape index (κ3) is 3.71. The summed E-state index contributed by atoms with van der Waals surface area (Å²) < 4.78 is 13.9. The molecule has 1 saturated heterocycles.